The van der Waals surface area contributed by atoms with Crippen LogP contribution < -0.4 is 19.7 Å². The van der Waals surface area contributed by atoms with Gasteiger partial charge in [-0.3, -0.25) is 4.79 Å². The van der Waals surface area contributed by atoms with Crippen LogP contribution in [0, 0.1) is 17.2 Å². The number of aromatic nitrogens is 2. The molecule has 1 aromatic heterocycles. The van der Waals surface area contributed by atoms with Crippen LogP contribution in [0.4, 0.5) is 10.2 Å². The van der Waals surface area contributed by atoms with Crippen LogP contribution in [0.1, 0.15) is 70.7 Å². The minimum Gasteiger partial charge on any atom is -0.451 e. The lowest BCUT2D eigenvalue weighted by Gasteiger charge is -2.49. The first-order valence-corrected chi connectivity index (χ1v) is 16.7. The molecule has 1 aliphatic heterocycles. The zero-order valence-electron chi connectivity index (χ0n) is 25.6. The summed E-state index contributed by atoms with van der Waals surface area (Å²) in [6.45, 7) is 13.2. The molecule has 0 atom stereocenters. The Morgan fingerprint density at radius 3 is 2.43 bits per heavy atom. The molecule has 2 N–H and O–H groups in total. The third-order valence-electron chi connectivity index (χ3n) is 8.05. The summed E-state index contributed by atoms with van der Waals surface area (Å²) in [6.07, 6.45) is 8.02. The van der Waals surface area contributed by atoms with Crippen LogP contribution in [-0.2, 0) is 10.0 Å². The number of ether oxygens (including phenoxy) is 1. The topological polar surface area (TPSA) is 117 Å². The van der Waals surface area contributed by atoms with Crippen LogP contribution in [0.3, 0.4) is 0 Å². The second-order valence-electron chi connectivity index (χ2n) is 12.8. The van der Waals surface area contributed by atoms with Gasteiger partial charge in [0.2, 0.25) is 10.0 Å². The zero-order chi connectivity index (χ0) is 30.7. The van der Waals surface area contributed by atoms with Crippen molar-refractivity contribution in [3.63, 3.8) is 0 Å². The zero-order valence-corrected chi connectivity index (χ0v) is 26.4. The van der Waals surface area contributed by atoms with E-state index in [9.17, 15) is 17.6 Å². The fourth-order valence-corrected chi connectivity index (χ4v) is 7.04. The second-order valence-corrected chi connectivity index (χ2v) is 14.5. The van der Waals surface area contributed by atoms with E-state index in [-0.39, 0.29) is 40.8 Å². The molecular formula is C30H45FN6O4S. The fraction of sp³-hybridized carbons (Fsp3) is 0.633. The molecule has 2 aliphatic rings. The Labute approximate surface area is 249 Å². The number of halogens is 1. The number of sulfonamides is 1. The predicted octanol–water partition coefficient (Wildman–Crippen LogP) is 4.19. The monoisotopic (exact) mass is 604 g/mol. The highest BCUT2D eigenvalue weighted by Crippen LogP contribution is 2.39. The summed E-state index contributed by atoms with van der Waals surface area (Å²) >= 11 is 0. The van der Waals surface area contributed by atoms with Crippen LogP contribution in [0.25, 0.3) is 0 Å². The number of nitrogens with zero attached hydrogens (tertiary/aromatic N) is 4. The average Bonchev–Trinajstić information content (AvgIpc) is 2.88. The minimum atomic E-state index is -3.16. The van der Waals surface area contributed by atoms with Crippen molar-refractivity contribution in [3.05, 3.63) is 42.1 Å². The molecule has 0 spiro atoms. The number of carbonyl (C=O) groups excluding carboxylic acids is 1. The summed E-state index contributed by atoms with van der Waals surface area (Å²) in [5.41, 5.74) is 0.203. The molecule has 1 saturated carbocycles. The summed E-state index contributed by atoms with van der Waals surface area (Å²) in [5, 5.41) is 3.63. The SMILES string of the molecule is CC(C)N(C(=O)c1cc(F)ccc1Oc1cncnc1N1CC(C)(CNCC2CCC(NS(C)(=O)=O)CC2)C1)C(C)C. The summed E-state index contributed by atoms with van der Waals surface area (Å²) in [4.78, 5) is 25.9. The molecule has 0 bridgehead atoms. The number of nitrogens with one attached hydrogen (secondary N) is 2. The first kappa shape index (κ1) is 32.1. The molecule has 42 heavy (non-hydrogen) atoms. The van der Waals surface area contributed by atoms with Crippen LogP contribution in [0.2, 0.25) is 0 Å². The van der Waals surface area contributed by atoms with Gasteiger partial charge in [0, 0.05) is 43.2 Å². The Balaban J connectivity index is 1.35. The Morgan fingerprint density at radius 1 is 1.14 bits per heavy atom. The van der Waals surface area contributed by atoms with Crippen LogP contribution in [0.15, 0.2) is 30.7 Å². The van der Waals surface area contributed by atoms with Crippen molar-refractivity contribution in [1.29, 1.82) is 0 Å². The molecule has 0 unspecified atom stereocenters. The van der Waals surface area contributed by atoms with Crippen molar-refractivity contribution >= 4 is 21.7 Å². The van der Waals surface area contributed by atoms with Gasteiger partial charge in [-0.15, -0.1) is 0 Å². The molecule has 1 saturated heterocycles. The Morgan fingerprint density at radius 2 is 1.81 bits per heavy atom. The van der Waals surface area contributed by atoms with Crippen molar-refractivity contribution in [1.82, 2.24) is 24.9 Å². The maximum absolute atomic E-state index is 14.3. The molecule has 1 aliphatic carbocycles. The number of rotatable bonds is 12. The number of carbonyl (C=O) groups is 1. The van der Waals surface area contributed by atoms with Gasteiger partial charge in [-0.05, 0) is 84.0 Å². The number of hydrogen-bond acceptors (Lipinski definition) is 8. The summed E-state index contributed by atoms with van der Waals surface area (Å²) in [5.74, 6) is 1.04. The average molecular weight is 605 g/mol. The molecule has 2 aromatic rings. The van der Waals surface area contributed by atoms with Gasteiger partial charge < -0.3 is 19.9 Å². The third-order valence-corrected chi connectivity index (χ3v) is 8.82. The molecule has 2 fully saturated rings. The van der Waals surface area contributed by atoms with Gasteiger partial charge in [0.15, 0.2) is 11.6 Å². The lowest BCUT2D eigenvalue weighted by Crippen LogP contribution is -2.59. The lowest BCUT2D eigenvalue weighted by atomic mass is 9.81. The van der Waals surface area contributed by atoms with E-state index in [4.69, 9.17) is 4.74 Å². The molecule has 232 valence electrons. The van der Waals surface area contributed by atoms with E-state index in [0.717, 1.165) is 51.9 Å². The van der Waals surface area contributed by atoms with Crippen molar-refractivity contribution in [3.8, 4) is 11.5 Å². The Kier molecular flexibility index (Phi) is 10.1. The van der Waals surface area contributed by atoms with E-state index in [1.807, 2.05) is 27.7 Å². The third kappa shape index (κ3) is 8.17. The smallest absolute Gasteiger partial charge is 0.258 e. The van der Waals surface area contributed by atoms with Gasteiger partial charge in [0.25, 0.3) is 5.91 Å². The summed E-state index contributed by atoms with van der Waals surface area (Å²) in [7, 11) is -3.16. The van der Waals surface area contributed by atoms with Crippen LogP contribution >= 0.6 is 0 Å². The van der Waals surface area contributed by atoms with E-state index in [2.05, 4.69) is 31.8 Å². The van der Waals surface area contributed by atoms with E-state index >= 15 is 0 Å². The van der Waals surface area contributed by atoms with E-state index in [1.165, 1.54) is 30.8 Å². The van der Waals surface area contributed by atoms with Crippen molar-refractivity contribution in [2.75, 3.05) is 37.3 Å². The first-order chi connectivity index (χ1) is 19.7. The second kappa shape index (κ2) is 13.2. The van der Waals surface area contributed by atoms with E-state index in [1.54, 1.807) is 11.1 Å². The quantitative estimate of drug-likeness (QED) is 0.371. The molecule has 1 amide bonds. The van der Waals surface area contributed by atoms with Gasteiger partial charge in [0.1, 0.15) is 17.9 Å². The van der Waals surface area contributed by atoms with Crippen molar-refractivity contribution in [2.24, 2.45) is 11.3 Å². The molecule has 4 rings (SSSR count). The van der Waals surface area contributed by atoms with Gasteiger partial charge in [-0.25, -0.2) is 27.5 Å². The lowest BCUT2D eigenvalue weighted by molar-refractivity contribution is 0.0640. The van der Waals surface area contributed by atoms with Gasteiger partial charge in [-0.1, -0.05) is 6.92 Å². The standard InChI is InChI=1S/C30H45FN6O4S/c1-20(2)37(21(3)4)29(38)25-13-23(31)9-12-26(25)41-27-15-33-19-34-28(27)36-17-30(5,18-36)16-32-14-22-7-10-24(11-8-22)35-42(6,39)40/h9,12-13,15,19-22,24,32,35H,7-8,10-11,14,16-18H2,1-6H3. The van der Waals surface area contributed by atoms with Crippen LogP contribution in [0.5, 0.6) is 11.5 Å². The summed E-state index contributed by atoms with van der Waals surface area (Å²) in [6, 6.07) is 3.90. The Hall–Kier alpha value is -2.83. The number of anilines is 1. The van der Waals surface area contributed by atoms with Gasteiger partial charge >= 0.3 is 0 Å². The predicted molar refractivity (Wildman–Crippen MR) is 162 cm³/mol. The first-order valence-electron chi connectivity index (χ1n) is 14.8. The molecule has 0 radical (unpaired) electrons. The number of amides is 1. The van der Waals surface area contributed by atoms with Crippen molar-refractivity contribution < 1.29 is 22.3 Å². The maximum Gasteiger partial charge on any atom is 0.258 e. The molecular weight excluding hydrogens is 559 g/mol. The maximum atomic E-state index is 14.3. The molecule has 2 heterocycles. The van der Waals surface area contributed by atoms with E-state index < -0.39 is 15.8 Å². The molecule has 1 aromatic carbocycles. The molecule has 12 heteroatoms. The highest BCUT2D eigenvalue weighted by atomic mass is 32.2. The minimum absolute atomic E-state index is 0.0449. The highest BCUT2D eigenvalue weighted by Gasteiger charge is 2.40. The normalized spacial score (nSPS) is 20.5. The highest BCUT2D eigenvalue weighted by molar-refractivity contribution is 7.88. The number of benzene rings is 1. The number of hydrogen-bond donors (Lipinski definition) is 2. The molecule has 10 nitrogen and oxygen atoms in total. The van der Waals surface area contributed by atoms with Gasteiger partial charge in [-0.2, -0.15) is 0 Å². The van der Waals surface area contributed by atoms with Crippen LogP contribution in [-0.4, -0.2) is 79.8 Å². The fourth-order valence-electron chi connectivity index (χ4n) is 6.20. The summed E-state index contributed by atoms with van der Waals surface area (Å²) < 4.78 is 46.2. The van der Waals surface area contributed by atoms with Gasteiger partial charge in [0.05, 0.1) is 18.0 Å². The van der Waals surface area contributed by atoms with E-state index in [0.29, 0.717) is 17.5 Å². The Bertz CT molecular complexity index is 1330. The van der Waals surface area contributed by atoms with Crippen molar-refractivity contribution in [2.45, 2.75) is 78.4 Å². The largest absolute Gasteiger partial charge is 0.451 e.